The minimum atomic E-state index is 0.0793. The average molecular weight is 338 g/mol. The molecule has 5 heteroatoms. The zero-order chi connectivity index (χ0) is 17.4. The number of nitrogens with one attached hydrogen (secondary N) is 1. The predicted octanol–water partition coefficient (Wildman–Crippen LogP) is 2.41. The summed E-state index contributed by atoms with van der Waals surface area (Å²) in [5.74, 6) is 0.496. The van der Waals surface area contributed by atoms with Crippen molar-refractivity contribution in [3.05, 3.63) is 0 Å². The third-order valence-electron chi connectivity index (χ3n) is 5.64. The molecule has 0 bridgehead atoms. The summed E-state index contributed by atoms with van der Waals surface area (Å²) >= 11 is 0. The van der Waals surface area contributed by atoms with Crippen molar-refractivity contribution in [2.24, 2.45) is 5.92 Å². The van der Waals surface area contributed by atoms with Crippen molar-refractivity contribution >= 4 is 11.8 Å². The molecule has 0 aromatic heterocycles. The normalized spacial score (nSPS) is 20.4. The molecule has 1 saturated heterocycles. The molecule has 0 atom stereocenters. The molecule has 0 radical (unpaired) electrons. The van der Waals surface area contributed by atoms with E-state index in [1.807, 2.05) is 11.8 Å². The number of amides is 2. The number of likely N-dealkylation sites (tertiary alicyclic amines) is 1. The average Bonchev–Trinajstić information content (AvgIpc) is 2.62. The smallest absolute Gasteiger partial charge is 0.223 e. The second-order valence-corrected chi connectivity index (χ2v) is 7.47. The van der Waals surface area contributed by atoms with Crippen molar-refractivity contribution in [2.45, 2.75) is 70.8 Å². The van der Waals surface area contributed by atoms with E-state index in [-0.39, 0.29) is 17.7 Å². The summed E-state index contributed by atoms with van der Waals surface area (Å²) in [5, 5.41) is 3.11. The van der Waals surface area contributed by atoms with Crippen molar-refractivity contribution in [3.8, 4) is 0 Å². The monoisotopic (exact) mass is 337 g/mol. The van der Waals surface area contributed by atoms with E-state index in [4.69, 9.17) is 0 Å². The van der Waals surface area contributed by atoms with Crippen LogP contribution in [0.2, 0.25) is 0 Å². The van der Waals surface area contributed by atoms with Gasteiger partial charge < -0.3 is 15.1 Å². The van der Waals surface area contributed by atoms with E-state index in [1.165, 1.54) is 32.1 Å². The summed E-state index contributed by atoms with van der Waals surface area (Å²) in [6.45, 7) is 5.17. The fourth-order valence-corrected chi connectivity index (χ4v) is 3.97. The number of likely N-dealkylation sites (N-methyl/N-ethyl adjacent to an activating group) is 1. The summed E-state index contributed by atoms with van der Waals surface area (Å²) < 4.78 is 0. The Bertz CT molecular complexity index is 399. The first-order valence-corrected chi connectivity index (χ1v) is 9.87. The third kappa shape index (κ3) is 5.76. The second kappa shape index (κ2) is 10.0. The summed E-state index contributed by atoms with van der Waals surface area (Å²) in [6, 6.07) is 0.698. The quantitative estimate of drug-likeness (QED) is 0.776. The van der Waals surface area contributed by atoms with Gasteiger partial charge in [-0.15, -0.1) is 0 Å². The van der Waals surface area contributed by atoms with E-state index in [0.717, 1.165) is 45.4 Å². The van der Waals surface area contributed by atoms with Crippen LogP contribution < -0.4 is 5.32 Å². The summed E-state index contributed by atoms with van der Waals surface area (Å²) in [6.07, 6.45) is 9.80. The van der Waals surface area contributed by atoms with Crippen LogP contribution >= 0.6 is 0 Å². The maximum absolute atomic E-state index is 12.3. The predicted molar refractivity (Wildman–Crippen MR) is 96.7 cm³/mol. The molecular formula is C19H35N3O2. The third-order valence-corrected chi connectivity index (χ3v) is 5.64. The zero-order valence-electron chi connectivity index (χ0n) is 15.6. The van der Waals surface area contributed by atoms with Crippen LogP contribution in [0.25, 0.3) is 0 Å². The maximum atomic E-state index is 12.3. The SMILES string of the molecule is CCCC(=O)N1CCC(C(=O)NCCN(C)C2CCCCC2)CC1. The van der Waals surface area contributed by atoms with Crippen LogP contribution in [0.15, 0.2) is 0 Å². The molecule has 1 N–H and O–H groups in total. The van der Waals surface area contributed by atoms with Crippen molar-refractivity contribution in [2.75, 3.05) is 33.2 Å². The van der Waals surface area contributed by atoms with Crippen LogP contribution in [0.1, 0.15) is 64.7 Å². The number of hydrogen-bond donors (Lipinski definition) is 1. The van der Waals surface area contributed by atoms with E-state index in [0.29, 0.717) is 12.5 Å². The Balaban J connectivity index is 1.62. The highest BCUT2D eigenvalue weighted by molar-refractivity contribution is 5.80. The Labute approximate surface area is 147 Å². The number of nitrogens with zero attached hydrogens (tertiary/aromatic N) is 2. The first-order chi connectivity index (χ1) is 11.6. The molecule has 2 aliphatic rings. The number of rotatable bonds is 7. The van der Waals surface area contributed by atoms with Gasteiger partial charge in [-0.1, -0.05) is 26.2 Å². The maximum Gasteiger partial charge on any atom is 0.223 e. The Kier molecular flexibility index (Phi) is 8.03. The van der Waals surface area contributed by atoms with Crippen LogP contribution in [-0.2, 0) is 9.59 Å². The molecule has 1 saturated carbocycles. The van der Waals surface area contributed by atoms with Crippen molar-refractivity contribution in [3.63, 3.8) is 0 Å². The van der Waals surface area contributed by atoms with Gasteiger partial charge in [0.1, 0.15) is 0 Å². The zero-order valence-corrected chi connectivity index (χ0v) is 15.6. The Hall–Kier alpha value is -1.10. The van der Waals surface area contributed by atoms with Gasteiger partial charge in [-0.25, -0.2) is 0 Å². The lowest BCUT2D eigenvalue weighted by Crippen LogP contribution is -2.45. The highest BCUT2D eigenvalue weighted by atomic mass is 16.2. The fourth-order valence-electron chi connectivity index (χ4n) is 3.97. The van der Waals surface area contributed by atoms with Gasteiger partial charge in [-0.3, -0.25) is 9.59 Å². The molecule has 2 rings (SSSR count). The molecule has 2 amide bonds. The van der Waals surface area contributed by atoms with E-state index in [1.54, 1.807) is 0 Å². The topological polar surface area (TPSA) is 52.7 Å². The van der Waals surface area contributed by atoms with Crippen LogP contribution in [0.4, 0.5) is 0 Å². The Morgan fingerprint density at radius 3 is 2.38 bits per heavy atom. The molecule has 1 aliphatic heterocycles. The molecule has 24 heavy (non-hydrogen) atoms. The molecule has 0 aromatic rings. The van der Waals surface area contributed by atoms with E-state index < -0.39 is 0 Å². The minimum absolute atomic E-state index is 0.0793. The van der Waals surface area contributed by atoms with Gasteiger partial charge in [0.25, 0.3) is 0 Å². The lowest BCUT2D eigenvalue weighted by molar-refractivity contribution is -0.135. The lowest BCUT2D eigenvalue weighted by Gasteiger charge is -2.32. The fraction of sp³-hybridized carbons (Fsp3) is 0.895. The van der Waals surface area contributed by atoms with E-state index >= 15 is 0 Å². The van der Waals surface area contributed by atoms with Crippen molar-refractivity contribution in [1.29, 1.82) is 0 Å². The molecule has 1 aliphatic carbocycles. The van der Waals surface area contributed by atoms with Gasteiger partial charge >= 0.3 is 0 Å². The molecule has 5 nitrogen and oxygen atoms in total. The molecule has 0 unspecified atom stereocenters. The molecule has 1 heterocycles. The van der Waals surface area contributed by atoms with E-state index in [2.05, 4.69) is 17.3 Å². The molecule has 0 aromatic carbocycles. The number of hydrogen-bond acceptors (Lipinski definition) is 3. The Morgan fingerprint density at radius 2 is 1.75 bits per heavy atom. The number of piperidine rings is 1. The summed E-state index contributed by atoms with van der Waals surface area (Å²) in [7, 11) is 2.18. The first-order valence-electron chi connectivity index (χ1n) is 9.87. The van der Waals surface area contributed by atoms with Crippen LogP contribution in [0.5, 0.6) is 0 Å². The Morgan fingerprint density at radius 1 is 1.08 bits per heavy atom. The second-order valence-electron chi connectivity index (χ2n) is 7.47. The van der Waals surface area contributed by atoms with Gasteiger partial charge in [-0.2, -0.15) is 0 Å². The summed E-state index contributed by atoms with van der Waals surface area (Å²) in [5.41, 5.74) is 0. The van der Waals surface area contributed by atoms with Gasteiger partial charge in [0.05, 0.1) is 0 Å². The number of carbonyl (C=O) groups is 2. The number of carbonyl (C=O) groups excluding carboxylic acids is 2. The minimum Gasteiger partial charge on any atom is -0.355 e. The molecular weight excluding hydrogens is 302 g/mol. The van der Waals surface area contributed by atoms with Crippen LogP contribution in [-0.4, -0.2) is 60.9 Å². The van der Waals surface area contributed by atoms with Gasteiger partial charge in [0, 0.05) is 44.6 Å². The van der Waals surface area contributed by atoms with Gasteiger partial charge in [-0.05, 0) is 39.2 Å². The van der Waals surface area contributed by atoms with Crippen molar-refractivity contribution < 1.29 is 9.59 Å². The van der Waals surface area contributed by atoms with E-state index in [9.17, 15) is 9.59 Å². The van der Waals surface area contributed by atoms with Crippen LogP contribution in [0.3, 0.4) is 0 Å². The highest BCUT2D eigenvalue weighted by Crippen LogP contribution is 2.21. The molecule has 2 fully saturated rings. The van der Waals surface area contributed by atoms with Crippen LogP contribution in [0, 0.1) is 5.92 Å². The summed E-state index contributed by atoms with van der Waals surface area (Å²) in [4.78, 5) is 28.5. The first kappa shape index (κ1) is 19.2. The van der Waals surface area contributed by atoms with Gasteiger partial charge in [0.2, 0.25) is 11.8 Å². The van der Waals surface area contributed by atoms with Gasteiger partial charge in [0.15, 0.2) is 0 Å². The lowest BCUT2D eigenvalue weighted by atomic mass is 9.94. The highest BCUT2D eigenvalue weighted by Gasteiger charge is 2.27. The largest absolute Gasteiger partial charge is 0.355 e. The van der Waals surface area contributed by atoms with Crippen molar-refractivity contribution in [1.82, 2.24) is 15.1 Å². The standard InChI is InChI=1S/C19H35N3O2/c1-3-7-18(23)22-13-10-16(11-14-22)19(24)20-12-15-21(2)17-8-5-4-6-9-17/h16-17H,3-15H2,1-2H3,(H,20,24). The molecule has 0 spiro atoms. The molecule has 138 valence electrons.